The van der Waals surface area contributed by atoms with E-state index in [9.17, 15) is 30.6 Å². The Bertz CT molecular complexity index is 814. The lowest BCUT2D eigenvalue weighted by Gasteiger charge is -2.68. The van der Waals surface area contributed by atoms with Crippen LogP contribution in [0.4, 0.5) is 0 Å². The van der Waals surface area contributed by atoms with E-state index < -0.39 is 35.2 Å². The van der Waals surface area contributed by atoms with Gasteiger partial charge in [0.1, 0.15) is 0 Å². The summed E-state index contributed by atoms with van der Waals surface area (Å²) in [6, 6.07) is 0. The van der Waals surface area contributed by atoms with Crippen molar-refractivity contribution < 1.29 is 30.6 Å². The molecule has 33 heavy (non-hydrogen) atoms. The lowest BCUT2D eigenvalue weighted by atomic mass is 9.37. The number of hydrogen-bond acceptors (Lipinski definition) is 6. The Labute approximate surface area is 197 Å². The Hall–Kier alpha value is -0.500. The predicted octanol–water partition coefficient (Wildman–Crippen LogP) is 2.00. The van der Waals surface area contributed by atoms with E-state index in [1.807, 2.05) is 0 Å². The molecular weight excluding hydrogens is 420 g/mol. The predicted molar refractivity (Wildman–Crippen MR) is 124 cm³/mol. The molecule has 0 spiro atoms. The van der Waals surface area contributed by atoms with Crippen molar-refractivity contribution in [2.75, 3.05) is 13.2 Å². The highest BCUT2D eigenvalue weighted by molar-refractivity contribution is 5.31. The molecule has 5 rings (SSSR count). The van der Waals surface area contributed by atoms with Crippen LogP contribution in [0.2, 0.25) is 0 Å². The molecule has 6 nitrogen and oxygen atoms in total. The molecule has 0 radical (unpaired) electrons. The third kappa shape index (κ3) is 2.88. The summed E-state index contributed by atoms with van der Waals surface area (Å²) in [5.74, 6) is 0.712. The normalized spacial score (nSPS) is 58.4. The van der Waals surface area contributed by atoms with E-state index in [4.69, 9.17) is 0 Å². The molecule has 0 bridgehead atoms. The van der Waals surface area contributed by atoms with Gasteiger partial charge in [-0.15, -0.1) is 0 Å². The summed E-state index contributed by atoms with van der Waals surface area (Å²) in [6.45, 7) is 6.48. The topological polar surface area (TPSA) is 121 Å². The minimum Gasteiger partial charge on any atom is -0.396 e. The van der Waals surface area contributed by atoms with Crippen molar-refractivity contribution >= 4 is 0 Å². The van der Waals surface area contributed by atoms with Crippen molar-refractivity contribution in [1.29, 1.82) is 0 Å². The van der Waals surface area contributed by atoms with Crippen LogP contribution < -0.4 is 0 Å². The molecule has 12 atom stereocenters. The van der Waals surface area contributed by atoms with Crippen molar-refractivity contribution in [2.24, 2.45) is 45.3 Å². The Morgan fingerprint density at radius 3 is 2.15 bits per heavy atom. The summed E-state index contributed by atoms with van der Waals surface area (Å²) in [7, 11) is 0. The minimum absolute atomic E-state index is 0.00238. The molecule has 0 aromatic rings. The first kappa shape index (κ1) is 24.2. The zero-order valence-corrected chi connectivity index (χ0v) is 20.5. The van der Waals surface area contributed by atoms with Gasteiger partial charge in [0.15, 0.2) is 0 Å². The van der Waals surface area contributed by atoms with Crippen LogP contribution in [0.1, 0.15) is 72.1 Å². The van der Waals surface area contributed by atoms with Crippen molar-refractivity contribution in [3.8, 4) is 0 Å². The zero-order valence-electron chi connectivity index (χ0n) is 20.5. The van der Waals surface area contributed by atoms with Gasteiger partial charge in [0.05, 0.1) is 43.0 Å². The largest absolute Gasteiger partial charge is 0.396 e. The van der Waals surface area contributed by atoms with Crippen LogP contribution in [0.15, 0.2) is 11.6 Å². The number of aliphatic hydroxyl groups is 6. The monoisotopic (exact) mass is 464 g/mol. The number of allylic oxidation sites excluding steroid dienone is 2. The molecule has 0 saturated heterocycles. The SMILES string of the molecule is C[C@@]12CCC3[C@](C)(CC[C@H](O)[C@]3(C)CO)C1CC=C1C2C[C@@H](O)[C@]2(CO)C1CC[C@@H](O)[C@@H]2O. The Balaban J connectivity index is 1.55. The Morgan fingerprint density at radius 1 is 0.788 bits per heavy atom. The maximum absolute atomic E-state index is 11.4. The van der Waals surface area contributed by atoms with Crippen molar-refractivity contribution in [2.45, 2.75) is 96.6 Å². The molecule has 0 aliphatic heterocycles. The number of fused-ring (bicyclic) bond motifs is 7. The first-order chi connectivity index (χ1) is 15.5. The summed E-state index contributed by atoms with van der Waals surface area (Å²) >= 11 is 0. The van der Waals surface area contributed by atoms with Crippen LogP contribution in [0.3, 0.4) is 0 Å². The van der Waals surface area contributed by atoms with E-state index in [2.05, 4.69) is 26.8 Å². The molecule has 6 heteroatoms. The van der Waals surface area contributed by atoms with Gasteiger partial charge in [-0.05, 0) is 85.9 Å². The van der Waals surface area contributed by atoms with E-state index in [0.29, 0.717) is 31.6 Å². The fraction of sp³-hybridized carbons (Fsp3) is 0.926. The average molecular weight is 465 g/mol. The quantitative estimate of drug-likeness (QED) is 0.348. The van der Waals surface area contributed by atoms with E-state index in [-0.39, 0.29) is 41.8 Å². The third-order valence-corrected chi connectivity index (χ3v) is 12.1. The van der Waals surface area contributed by atoms with Gasteiger partial charge < -0.3 is 30.6 Å². The maximum Gasteiger partial charge on any atom is 0.0907 e. The second-order valence-electron chi connectivity index (χ2n) is 13.0. The van der Waals surface area contributed by atoms with Crippen LogP contribution in [0.5, 0.6) is 0 Å². The van der Waals surface area contributed by atoms with Gasteiger partial charge in [-0.25, -0.2) is 0 Å². The first-order valence-electron chi connectivity index (χ1n) is 13.1. The smallest absolute Gasteiger partial charge is 0.0907 e. The lowest BCUT2D eigenvalue weighted by molar-refractivity contribution is -0.226. The molecule has 0 aromatic heterocycles. The van der Waals surface area contributed by atoms with Crippen molar-refractivity contribution in [1.82, 2.24) is 0 Å². The highest BCUT2D eigenvalue weighted by atomic mass is 16.3. The van der Waals surface area contributed by atoms with Crippen LogP contribution in [-0.2, 0) is 0 Å². The van der Waals surface area contributed by atoms with Crippen molar-refractivity contribution in [3.63, 3.8) is 0 Å². The zero-order chi connectivity index (χ0) is 24.0. The minimum atomic E-state index is -1.12. The number of aliphatic hydroxyl groups excluding tert-OH is 6. The van der Waals surface area contributed by atoms with E-state index in [1.165, 1.54) is 5.57 Å². The molecule has 0 heterocycles. The number of hydrogen-bond donors (Lipinski definition) is 6. The van der Waals surface area contributed by atoms with Gasteiger partial charge >= 0.3 is 0 Å². The molecule has 5 aliphatic carbocycles. The van der Waals surface area contributed by atoms with Gasteiger partial charge in [0.2, 0.25) is 0 Å². The Kier molecular flexibility index (Phi) is 5.68. The van der Waals surface area contributed by atoms with Gasteiger partial charge in [0.25, 0.3) is 0 Å². The molecule has 4 fully saturated rings. The molecule has 6 N–H and O–H groups in total. The summed E-state index contributed by atoms with van der Waals surface area (Å²) in [5.41, 5.74) is -0.307. The summed E-state index contributed by atoms with van der Waals surface area (Å²) < 4.78 is 0. The molecule has 4 unspecified atom stereocenters. The van der Waals surface area contributed by atoms with Crippen LogP contribution >= 0.6 is 0 Å². The molecule has 0 aromatic carbocycles. The highest BCUT2D eigenvalue weighted by Crippen LogP contribution is 2.71. The molecular formula is C27H44O6. The highest BCUT2D eigenvalue weighted by Gasteiger charge is 2.67. The lowest BCUT2D eigenvalue weighted by Crippen LogP contribution is -2.67. The van der Waals surface area contributed by atoms with Crippen LogP contribution in [-0.4, -0.2) is 68.3 Å². The van der Waals surface area contributed by atoms with Crippen LogP contribution in [0, 0.1) is 45.3 Å². The second kappa shape index (κ2) is 7.75. The van der Waals surface area contributed by atoms with Gasteiger partial charge in [-0.2, -0.15) is 0 Å². The fourth-order valence-electron chi connectivity index (χ4n) is 10.1. The van der Waals surface area contributed by atoms with Gasteiger partial charge in [0, 0.05) is 5.41 Å². The van der Waals surface area contributed by atoms with E-state index in [0.717, 1.165) is 25.7 Å². The first-order valence-corrected chi connectivity index (χ1v) is 13.1. The molecule has 0 amide bonds. The average Bonchev–Trinajstić information content (AvgIpc) is 2.79. The van der Waals surface area contributed by atoms with E-state index in [1.54, 1.807) is 0 Å². The molecule has 5 aliphatic rings. The summed E-state index contributed by atoms with van der Waals surface area (Å²) in [4.78, 5) is 0. The van der Waals surface area contributed by atoms with Gasteiger partial charge in [-0.1, -0.05) is 32.4 Å². The maximum atomic E-state index is 11.4. The van der Waals surface area contributed by atoms with E-state index >= 15 is 0 Å². The standard InChI is InChI=1S/C27H44O6/c1-24-10-8-20-25(2,11-9-21(31)26(20,3)13-28)19(24)7-4-15-16-5-6-18(30)23(33)27(16,14-29)22(32)12-17(15)24/h4,16-23,28-33H,5-14H2,1-3H3/t16?,17?,18-,19?,20?,21+,22-,23+,24+,25-,26-,27+/m1/s1. The van der Waals surface area contributed by atoms with Crippen LogP contribution in [0.25, 0.3) is 0 Å². The summed E-state index contributed by atoms with van der Waals surface area (Å²) in [6.07, 6.45) is 5.14. The summed E-state index contributed by atoms with van der Waals surface area (Å²) in [5, 5.41) is 64.3. The Morgan fingerprint density at radius 2 is 1.48 bits per heavy atom. The fourth-order valence-corrected chi connectivity index (χ4v) is 10.1. The molecule has 188 valence electrons. The van der Waals surface area contributed by atoms with Crippen molar-refractivity contribution in [3.05, 3.63) is 11.6 Å². The second-order valence-corrected chi connectivity index (χ2v) is 13.0. The molecule has 4 saturated carbocycles. The number of rotatable bonds is 2. The third-order valence-electron chi connectivity index (χ3n) is 12.1. The van der Waals surface area contributed by atoms with Gasteiger partial charge in [-0.3, -0.25) is 0 Å².